The van der Waals surface area contributed by atoms with E-state index in [9.17, 15) is 9.59 Å². The van der Waals surface area contributed by atoms with Crippen LogP contribution in [0.15, 0.2) is 53.1 Å². The molecule has 0 bridgehead atoms. The van der Waals surface area contributed by atoms with Gasteiger partial charge in [-0.05, 0) is 31.2 Å². The van der Waals surface area contributed by atoms with Crippen molar-refractivity contribution >= 4 is 17.5 Å². The third-order valence-corrected chi connectivity index (χ3v) is 2.83. The SMILES string of the molecule is CCN(C(=O)C(=O)NCc1ccco1)c1ccccc1. The summed E-state index contributed by atoms with van der Waals surface area (Å²) in [7, 11) is 0. The number of rotatable bonds is 4. The number of benzene rings is 1. The normalized spacial score (nSPS) is 10.1. The van der Waals surface area contributed by atoms with E-state index in [1.165, 1.54) is 11.2 Å². The Morgan fingerprint density at radius 1 is 1.15 bits per heavy atom. The summed E-state index contributed by atoms with van der Waals surface area (Å²) in [5, 5.41) is 2.55. The van der Waals surface area contributed by atoms with Gasteiger partial charge in [-0.15, -0.1) is 0 Å². The fraction of sp³-hybridized carbons (Fsp3) is 0.200. The second-order valence-corrected chi connectivity index (χ2v) is 4.15. The lowest BCUT2D eigenvalue weighted by atomic mass is 10.2. The molecule has 2 rings (SSSR count). The van der Waals surface area contributed by atoms with Crippen LogP contribution in [0.5, 0.6) is 0 Å². The van der Waals surface area contributed by atoms with Gasteiger partial charge in [0, 0.05) is 12.2 Å². The standard InChI is InChI=1S/C15H16N2O3/c1-2-17(12-7-4-3-5-8-12)15(19)14(18)16-11-13-9-6-10-20-13/h3-10H,2,11H2,1H3,(H,16,18). The van der Waals surface area contributed by atoms with E-state index in [-0.39, 0.29) is 6.54 Å². The van der Waals surface area contributed by atoms with Crippen LogP contribution >= 0.6 is 0 Å². The van der Waals surface area contributed by atoms with Crippen molar-refractivity contribution in [3.05, 3.63) is 54.5 Å². The summed E-state index contributed by atoms with van der Waals surface area (Å²) >= 11 is 0. The minimum absolute atomic E-state index is 0.198. The van der Waals surface area contributed by atoms with E-state index < -0.39 is 11.8 Å². The Bertz CT molecular complexity index is 564. The van der Waals surface area contributed by atoms with Crippen LogP contribution in [0.25, 0.3) is 0 Å². The van der Waals surface area contributed by atoms with E-state index in [1.54, 1.807) is 24.3 Å². The molecule has 0 radical (unpaired) electrons. The highest BCUT2D eigenvalue weighted by Crippen LogP contribution is 2.13. The van der Waals surface area contributed by atoms with E-state index in [0.29, 0.717) is 18.0 Å². The highest BCUT2D eigenvalue weighted by Gasteiger charge is 2.21. The molecular formula is C15H16N2O3. The molecule has 0 aliphatic carbocycles. The van der Waals surface area contributed by atoms with Crippen molar-refractivity contribution in [3.63, 3.8) is 0 Å². The smallest absolute Gasteiger partial charge is 0.316 e. The van der Waals surface area contributed by atoms with Gasteiger partial charge in [-0.25, -0.2) is 0 Å². The number of para-hydroxylation sites is 1. The van der Waals surface area contributed by atoms with Crippen molar-refractivity contribution in [1.82, 2.24) is 5.32 Å². The van der Waals surface area contributed by atoms with Crippen LogP contribution in [0.1, 0.15) is 12.7 Å². The highest BCUT2D eigenvalue weighted by molar-refractivity contribution is 6.40. The summed E-state index contributed by atoms with van der Waals surface area (Å²) < 4.78 is 5.10. The molecule has 1 aromatic carbocycles. The third-order valence-electron chi connectivity index (χ3n) is 2.83. The Kier molecular flexibility index (Phi) is 4.55. The minimum Gasteiger partial charge on any atom is -0.467 e. The second kappa shape index (κ2) is 6.56. The number of hydrogen-bond acceptors (Lipinski definition) is 3. The van der Waals surface area contributed by atoms with Gasteiger partial charge in [-0.2, -0.15) is 0 Å². The molecular weight excluding hydrogens is 256 g/mol. The molecule has 2 amide bonds. The molecule has 1 aromatic heterocycles. The first kappa shape index (κ1) is 13.9. The first-order valence-electron chi connectivity index (χ1n) is 6.39. The van der Waals surface area contributed by atoms with Gasteiger partial charge in [0.2, 0.25) is 0 Å². The van der Waals surface area contributed by atoms with Crippen LogP contribution in [-0.2, 0) is 16.1 Å². The topological polar surface area (TPSA) is 62.6 Å². The summed E-state index contributed by atoms with van der Waals surface area (Å²) in [6.07, 6.45) is 1.52. The van der Waals surface area contributed by atoms with Crippen molar-refractivity contribution in [2.24, 2.45) is 0 Å². The summed E-state index contributed by atoms with van der Waals surface area (Å²) in [5.41, 5.74) is 0.702. The molecule has 1 heterocycles. The molecule has 1 N–H and O–H groups in total. The summed E-state index contributed by atoms with van der Waals surface area (Å²) in [6.45, 7) is 2.45. The Labute approximate surface area is 117 Å². The quantitative estimate of drug-likeness (QED) is 0.865. The molecule has 0 fully saturated rings. The third kappa shape index (κ3) is 3.26. The van der Waals surface area contributed by atoms with Crippen molar-refractivity contribution in [2.45, 2.75) is 13.5 Å². The maximum absolute atomic E-state index is 12.1. The lowest BCUT2D eigenvalue weighted by Gasteiger charge is -2.20. The van der Waals surface area contributed by atoms with Crippen LogP contribution in [0, 0.1) is 0 Å². The maximum atomic E-state index is 12.1. The monoisotopic (exact) mass is 272 g/mol. The Morgan fingerprint density at radius 2 is 1.90 bits per heavy atom. The molecule has 5 heteroatoms. The lowest BCUT2D eigenvalue weighted by molar-refractivity contribution is -0.137. The van der Waals surface area contributed by atoms with Gasteiger partial charge in [0.1, 0.15) is 5.76 Å². The number of nitrogens with one attached hydrogen (secondary N) is 1. The largest absolute Gasteiger partial charge is 0.467 e. The van der Waals surface area contributed by atoms with Crippen LogP contribution in [-0.4, -0.2) is 18.4 Å². The maximum Gasteiger partial charge on any atom is 0.316 e. The van der Waals surface area contributed by atoms with E-state index >= 15 is 0 Å². The van der Waals surface area contributed by atoms with Gasteiger partial charge in [-0.3, -0.25) is 9.59 Å². The van der Waals surface area contributed by atoms with Crippen molar-refractivity contribution in [1.29, 1.82) is 0 Å². The van der Waals surface area contributed by atoms with Gasteiger partial charge in [0.25, 0.3) is 0 Å². The zero-order chi connectivity index (χ0) is 14.4. The van der Waals surface area contributed by atoms with Gasteiger partial charge in [-0.1, -0.05) is 18.2 Å². The lowest BCUT2D eigenvalue weighted by Crippen LogP contribution is -2.42. The number of carbonyl (C=O) groups is 2. The number of likely N-dealkylation sites (N-methyl/N-ethyl adjacent to an activating group) is 1. The molecule has 0 spiro atoms. The first-order chi connectivity index (χ1) is 9.72. The number of carbonyl (C=O) groups excluding carboxylic acids is 2. The number of hydrogen-bond donors (Lipinski definition) is 1. The van der Waals surface area contributed by atoms with E-state index in [2.05, 4.69) is 5.32 Å². The predicted octanol–water partition coefficient (Wildman–Crippen LogP) is 1.95. The zero-order valence-corrected chi connectivity index (χ0v) is 11.2. The number of furan rings is 1. The van der Waals surface area contributed by atoms with E-state index in [1.807, 2.05) is 25.1 Å². The molecule has 2 aromatic rings. The molecule has 20 heavy (non-hydrogen) atoms. The minimum atomic E-state index is -0.646. The summed E-state index contributed by atoms with van der Waals surface area (Å²) in [5.74, 6) is -0.619. The van der Waals surface area contributed by atoms with Crippen LogP contribution < -0.4 is 10.2 Å². The van der Waals surface area contributed by atoms with Gasteiger partial charge < -0.3 is 14.6 Å². The van der Waals surface area contributed by atoms with Crippen LogP contribution in [0.4, 0.5) is 5.69 Å². The number of nitrogens with zero attached hydrogens (tertiary/aromatic N) is 1. The Hall–Kier alpha value is -2.56. The summed E-state index contributed by atoms with van der Waals surface area (Å²) in [4.78, 5) is 25.4. The van der Waals surface area contributed by atoms with E-state index in [0.717, 1.165) is 0 Å². The summed E-state index contributed by atoms with van der Waals surface area (Å²) in [6, 6.07) is 12.6. The average Bonchev–Trinajstić information content (AvgIpc) is 3.00. The number of amides is 2. The molecule has 0 aliphatic rings. The van der Waals surface area contributed by atoms with Crippen molar-refractivity contribution < 1.29 is 14.0 Å². The molecule has 5 nitrogen and oxygen atoms in total. The first-order valence-corrected chi connectivity index (χ1v) is 6.39. The van der Waals surface area contributed by atoms with Gasteiger partial charge >= 0.3 is 11.8 Å². The fourth-order valence-corrected chi connectivity index (χ4v) is 1.83. The second-order valence-electron chi connectivity index (χ2n) is 4.15. The number of anilines is 1. The van der Waals surface area contributed by atoms with Gasteiger partial charge in [0.05, 0.1) is 12.8 Å². The van der Waals surface area contributed by atoms with Crippen LogP contribution in [0.3, 0.4) is 0 Å². The van der Waals surface area contributed by atoms with E-state index in [4.69, 9.17) is 4.42 Å². The molecule has 0 saturated heterocycles. The Balaban J connectivity index is 1.99. The van der Waals surface area contributed by atoms with Crippen LogP contribution in [0.2, 0.25) is 0 Å². The Morgan fingerprint density at radius 3 is 2.50 bits per heavy atom. The molecule has 0 saturated carbocycles. The molecule has 0 atom stereocenters. The van der Waals surface area contributed by atoms with Crippen molar-refractivity contribution in [3.8, 4) is 0 Å². The molecule has 0 unspecified atom stereocenters. The molecule has 104 valence electrons. The van der Waals surface area contributed by atoms with Gasteiger partial charge in [0.15, 0.2) is 0 Å². The zero-order valence-electron chi connectivity index (χ0n) is 11.2. The average molecular weight is 272 g/mol. The highest BCUT2D eigenvalue weighted by atomic mass is 16.3. The van der Waals surface area contributed by atoms with Crippen molar-refractivity contribution in [2.75, 3.05) is 11.4 Å². The molecule has 0 aliphatic heterocycles. The predicted molar refractivity (Wildman–Crippen MR) is 75.0 cm³/mol. The fourth-order valence-electron chi connectivity index (χ4n) is 1.83.